The van der Waals surface area contributed by atoms with Crippen molar-refractivity contribution < 1.29 is 28.9 Å². The molecule has 1 heterocycles. The van der Waals surface area contributed by atoms with Crippen molar-refractivity contribution in [3.63, 3.8) is 0 Å². The van der Waals surface area contributed by atoms with Gasteiger partial charge in [-0.1, -0.05) is 11.6 Å². The number of nitrogens with one attached hydrogen (secondary N) is 1. The highest BCUT2D eigenvalue weighted by Crippen LogP contribution is 2.35. The summed E-state index contributed by atoms with van der Waals surface area (Å²) in [5, 5.41) is 11.7. The first-order valence-corrected chi connectivity index (χ1v) is 9.08. The summed E-state index contributed by atoms with van der Waals surface area (Å²) in [6, 6.07) is 9.27. The Morgan fingerprint density at radius 2 is 1.97 bits per heavy atom. The predicted octanol–water partition coefficient (Wildman–Crippen LogP) is 3.89. The molecule has 9 nitrogen and oxygen atoms in total. The fourth-order valence-corrected chi connectivity index (χ4v) is 2.90. The fraction of sp³-hybridized carbons (Fsp3) is 0.150. The topological polar surface area (TPSA) is 133 Å². The molecule has 3 rings (SSSR count). The summed E-state index contributed by atoms with van der Waals surface area (Å²) in [4.78, 5) is 27.0. The second-order valence-corrected chi connectivity index (χ2v) is 6.46. The molecule has 156 valence electrons. The number of carboxylic acid groups (broad SMARTS) is 1. The highest BCUT2D eigenvalue weighted by molar-refractivity contribution is 6.33. The minimum absolute atomic E-state index is 0.167. The number of ether oxygens (including phenoxy) is 3. The number of anilines is 1. The summed E-state index contributed by atoms with van der Waals surface area (Å²) in [6.45, 7) is 0.591. The zero-order valence-corrected chi connectivity index (χ0v) is 16.6. The first-order chi connectivity index (χ1) is 14.4. The van der Waals surface area contributed by atoms with Crippen molar-refractivity contribution in [1.29, 1.82) is 0 Å². The smallest absolute Gasteiger partial charge is 0.409 e. The van der Waals surface area contributed by atoms with Crippen molar-refractivity contribution in [2.24, 2.45) is 5.73 Å². The van der Waals surface area contributed by atoms with Crippen LogP contribution < -0.4 is 20.5 Å². The largest absolute Gasteiger partial charge is 0.490 e. The number of carbonyl (C=O) groups excluding carboxylic acids is 1. The quantitative estimate of drug-likeness (QED) is 0.460. The summed E-state index contributed by atoms with van der Waals surface area (Å²) in [5.74, 6) is 0.403. The van der Waals surface area contributed by atoms with Crippen LogP contribution in [0.4, 0.5) is 10.5 Å². The van der Waals surface area contributed by atoms with Gasteiger partial charge in [0.25, 0.3) is 5.91 Å². The number of nitrogens with two attached hydrogens (primary N) is 1. The lowest BCUT2D eigenvalue weighted by atomic mass is 10.1. The molecule has 0 aliphatic carbocycles. The van der Waals surface area contributed by atoms with Crippen LogP contribution in [0.1, 0.15) is 10.4 Å². The van der Waals surface area contributed by atoms with E-state index >= 15 is 0 Å². The molecule has 0 bridgehead atoms. The fourth-order valence-electron chi connectivity index (χ4n) is 2.69. The number of amides is 2. The first-order valence-electron chi connectivity index (χ1n) is 8.70. The number of benzene rings is 2. The number of hydrogen-bond donors (Lipinski definition) is 3. The van der Waals surface area contributed by atoms with Crippen molar-refractivity contribution in [3.05, 3.63) is 53.2 Å². The Balaban J connectivity index is 1.96. The van der Waals surface area contributed by atoms with Crippen LogP contribution in [-0.2, 0) is 4.74 Å². The number of nitrogens with zero attached hydrogens (tertiary/aromatic N) is 1. The molecular formula is C20H18ClN3O6. The maximum absolute atomic E-state index is 11.9. The summed E-state index contributed by atoms with van der Waals surface area (Å²) in [5.41, 5.74) is 6.44. The van der Waals surface area contributed by atoms with Gasteiger partial charge in [0.05, 0.1) is 28.4 Å². The van der Waals surface area contributed by atoms with Gasteiger partial charge >= 0.3 is 6.09 Å². The van der Waals surface area contributed by atoms with Gasteiger partial charge in [-0.3, -0.25) is 15.1 Å². The number of primary amides is 1. The minimum Gasteiger partial charge on any atom is -0.490 e. The van der Waals surface area contributed by atoms with Crippen LogP contribution in [0.15, 0.2) is 42.6 Å². The van der Waals surface area contributed by atoms with Crippen LogP contribution in [0.3, 0.4) is 0 Å². The maximum atomic E-state index is 11.9. The molecule has 0 aliphatic heterocycles. The number of halogens is 1. The molecule has 0 radical (unpaired) electrons. The summed E-state index contributed by atoms with van der Waals surface area (Å²) in [7, 11) is 1.54. The molecule has 0 aliphatic rings. The Labute approximate surface area is 176 Å². The Morgan fingerprint density at radius 1 is 1.17 bits per heavy atom. The van der Waals surface area contributed by atoms with E-state index in [0.717, 1.165) is 0 Å². The average Bonchev–Trinajstić information content (AvgIpc) is 2.69. The molecule has 4 N–H and O–H groups in total. The number of carbonyl (C=O) groups is 2. The van der Waals surface area contributed by atoms with Gasteiger partial charge in [0.2, 0.25) is 0 Å². The average molecular weight is 432 g/mol. The van der Waals surface area contributed by atoms with E-state index in [4.69, 9.17) is 36.7 Å². The number of rotatable bonds is 8. The Kier molecular flexibility index (Phi) is 6.55. The monoisotopic (exact) mass is 431 g/mol. The lowest BCUT2D eigenvalue weighted by molar-refractivity contribution is 0.0992. The van der Waals surface area contributed by atoms with E-state index in [0.29, 0.717) is 34.8 Å². The van der Waals surface area contributed by atoms with Crippen molar-refractivity contribution in [3.8, 4) is 17.2 Å². The molecule has 0 saturated heterocycles. The molecule has 2 aromatic carbocycles. The predicted molar refractivity (Wildman–Crippen MR) is 111 cm³/mol. The van der Waals surface area contributed by atoms with Crippen molar-refractivity contribution >= 4 is 40.2 Å². The normalized spacial score (nSPS) is 10.6. The van der Waals surface area contributed by atoms with E-state index in [2.05, 4.69) is 10.3 Å². The van der Waals surface area contributed by atoms with Crippen molar-refractivity contribution in [2.45, 2.75) is 0 Å². The van der Waals surface area contributed by atoms with Gasteiger partial charge in [0, 0.05) is 30.8 Å². The number of fused-ring (bicyclic) bond motifs is 1. The van der Waals surface area contributed by atoms with Gasteiger partial charge in [0.1, 0.15) is 23.9 Å². The number of methoxy groups -OCH3 is 1. The second-order valence-electron chi connectivity index (χ2n) is 6.05. The molecule has 10 heteroatoms. The van der Waals surface area contributed by atoms with E-state index < -0.39 is 12.0 Å². The zero-order chi connectivity index (χ0) is 21.7. The van der Waals surface area contributed by atoms with Gasteiger partial charge in [-0.25, -0.2) is 4.79 Å². The molecular weight excluding hydrogens is 414 g/mol. The van der Waals surface area contributed by atoms with Gasteiger partial charge in [-0.05, 0) is 24.3 Å². The summed E-state index contributed by atoms with van der Waals surface area (Å²) in [6.07, 6.45) is 0.316. The molecule has 0 unspecified atom stereocenters. The number of pyridine rings is 1. The maximum Gasteiger partial charge on any atom is 0.409 e. The molecule has 3 aromatic rings. The molecule has 1 aromatic heterocycles. The molecule has 0 saturated carbocycles. The molecule has 0 atom stereocenters. The van der Waals surface area contributed by atoms with Crippen molar-refractivity contribution in [2.75, 3.05) is 25.6 Å². The summed E-state index contributed by atoms with van der Waals surface area (Å²) < 4.78 is 16.4. The van der Waals surface area contributed by atoms with E-state index in [-0.39, 0.29) is 22.9 Å². The first kappa shape index (κ1) is 21.2. The van der Waals surface area contributed by atoms with Crippen LogP contribution in [0.25, 0.3) is 10.9 Å². The molecule has 2 amide bonds. The van der Waals surface area contributed by atoms with Crippen LogP contribution in [-0.4, -0.2) is 42.4 Å². The molecule has 30 heavy (non-hydrogen) atoms. The Hall–Kier alpha value is -3.56. The highest BCUT2D eigenvalue weighted by atomic mass is 35.5. The van der Waals surface area contributed by atoms with E-state index in [1.165, 1.54) is 12.1 Å². The van der Waals surface area contributed by atoms with Gasteiger partial charge in [0.15, 0.2) is 0 Å². The number of aromatic nitrogens is 1. The van der Waals surface area contributed by atoms with E-state index in [1.54, 1.807) is 37.6 Å². The van der Waals surface area contributed by atoms with Crippen LogP contribution in [0, 0.1) is 0 Å². The van der Waals surface area contributed by atoms with Crippen LogP contribution in [0.2, 0.25) is 5.02 Å². The van der Waals surface area contributed by atoms with Crippen LogP contribution >= 0.6 is 11.6 Å². The highest BCUT2D eigenvalue weighted by Gasteiger charge is 2.15. The Morgan fingerprint density at radius 3 is 2.63 bits per heavy atom. The van der Waals surface area contributed by atoms with Crippen LogP contribution in [0.5, 0.6) is 17.2 Å². The third kappa shape index (κ3) is 4.88. The number of hydrogen-bond acceptors (Lipinski definition) is 6. The van der Waals surface area contributed by atoms with Crippen molar-refractivity contribution in [1.82, 2.24) is 4.98 Å². The van der Waals surface area contributed by atoms with E-state index in [1.807, 2.05) is 0 Å². The van der Waals surface area contributed by atoms with Gasteiger partial charge in [-0.15, -0.1) is 0 Å². The minimum atomic E-state index is -1.23. The second kappa shape index (κ2) is 9.29. The third-order valence-electron chi connectivity index (χ3n) is 4.02. The third-order valence-corrected chi connectivity index (χ3v) is 4.34. The summed E-state index contributed by atoms with van der Waals surface area (Å²) >= 11 is 6.10. The zero-order valence-electron chi connectivity index (χ0n) is 15.8. The Bertz CT molecular complexity index is 1110. The van der Waals surface area contributed by atoms with Gasteiger partial charge in [-0.2, -0.15) is 0 Å². The SMILES string of the molecule is COCCOc1cc2nccc(Oc3ccc(NC(=O)O)c(Cl)c3)c2cc1C(N)=O. The molecule has 0 fully saturated rings. The lowest BCUT2D eigenvalue weighted by Crippen LogP contribution is -2.14. The van der Waals surface area contributed by atoms with E-state index in [9.17, 15) is 9.59 Å². The standard InChI is InChI=1S/C20H18ClN3O6/c1-28-6-7-29-18-10-16-12(9-13(18)19(22)25)17(4-5-23-16)30-11-2-3-15(14(21)8-11)24-20(26)27/h2-5,8-10,24H,6-7H2,1H3,(H2,22,25)(H,26,27). The molecule has 0 spiro atoms. The van der Waals surface area contributed by atoms with Gasteiger partial charge < -0.3 is 25.1 Å². The lowest BCUT2D eigenvalue weighted by Gasteiger charge is -2.14.